The molecule has 0 aromatic heterocycles. The molecule has 0 unspecified atom stereocenters. The van der Waals surface area contributed by atoms with Gasteiger partial charge in [-0.1, -0.05) is 0 Å². The van der Waals surface area contributed by atoms with Crippen LogP contribution in [0, 0.1) is 0 Å². The Hall–Kier alpha value is -2.02. The van der Waals surface area contributed by atoms with Gasteiger partial charge in [-0.15, -0.1) is 0 Å². The minimum absolute atomic E-state index is 0.687. The fourth-order valence-electron chi connectivity index (χ4n) is 7.82. The summed E-state index contributed by atoms with van der Waals surface area (Å²) < 4.78 is 51.0. The van der Waals surface area contributed by atoms with Crippen LogP contribution in [-0.2, 0) is 52.2 Å². The lowest BCUT2D eigenvalue weighted by Gasteiger charge is -2.50. The van der Waals surface area contributed by atoms with Crippen molar-refractivity contribution in [3.05, 3.63) is 0 Å². The molecule has 0 radical (unpaired) electrons. The molecule has 2 amide bonds. The van der Waals surface area contributed by atoms with Crippen molar-refractivity contribution < 1.29 is 129 Å². The Morgan fingerprint density at radius 1 is 0.387 bits per heavy atom. The number of aliphatic hydroxyl groups is 15. The Balaban J connectivity index is 1.38. The molecule has 5 heterocycles. The van der Waals surface area contributed by atoms with Crippen LogP contribution in [0.3, 0.4) is 0 Å². The monoisotopic (exact) mass is 910 g/mol. The molecule has 5 rings (SSSR count). The Bertz CT molecular complexity index is 1440. The number of ether oxygens (including phenoxy) is 9. The fraction of sp³-hybridized carbons (Fsp3) is 0.941. The van der Waals surface area contributed by atoms with Crippen molar-refractivity contribution in [1.82, 2.24) is 10.6 Å². The Morgan fingerprint density at radius 2 is 0.774 bits per heavy atom. The number of carbonyl (C=O) groups is 2. The van der Waals surface area contributed by atoms with Crippen LogP contribution in [-0.4, -0.2) is 275 Å². The summed E-state index contributed by atoms with van der Waals surface area (Å²) in [5.74, 6) is -1.47. The number of hydrogen-bond donors (Lipinski definition) is 17. The van der Waals surface area contributed by atoms with E-state index in [9.17, 15) is 86.2 Å². The number of carbonyl (C=O) groups excluding carboxylic acids is 2. The van der Waals surface area contributed by atoms with Gasteiger partial charge < -0.3 is 130 Å². The zero-order chi connectivity index (χ0) is 45.9. The van der Waals surface area contributed by atoms with Gasteiger partial charge in [-0.25, -0.2) is 0 Å². The van der Waals surface area contributed by atoms with E-state index in [1.807, 2.05) is 0 Å². The average Bonchev–Trinajstić information content (AvgIpc) is 3.23. The largest absolute Gasteiger partial charge is 0.394 e. The van der Waals surface area contributed by atoms with Crippen molar-refractivity contribution in [1.29, 1.82) is 0 Å². The maximum absolute atomic E-state index is 12.4. The molecule has 28 heteroatoms. The second-order valence-corrected chi connectivity index (χ2v) is 15.4. The molecule has 0 aromatic carbocycles. The molecule has 28 nitrogen and oxygen atoms in total. The van der Waals surface area contributed by atoms with Crippen LogP contribution < -0.4 is 10.6 Å². The zero-order valence-corrected chi connectivity index (χ0v) is 33.2. The Morgan fingerprint density at radius 3 is 1.31 bits per heavy atom. The first-order chi connectivity index (χ1) is 29.3. The molecular formula is C34H58N2O26. The molecule has 17 N–H and O–H groups in total. The van der Waals surface area contributed by atoms with Crippen LogP contribution in [0.2, 0.25) is 0 Å². The van der Waals surface area contributed by atoms with E-state index < -0.39 is 198 Å². The molecule has 360 valence electrons. The van der Waals surface area contributed by atoms with Gasteiger partial charge in [-0.2, -0.15) is 0 Å². The van der Waals surface area contributed by atoms with Crippen LogP contribution in [0.15, 0.2) is 0 Å². The zero-order valence-electron chi connectivity index (χ0n) is 33.2. The van der Waals surface area contributed by atoms with Gasteiger partial charge in [0.15, 0.2) is 31.5 Å². The van der Waals surface area contributed by atoms with Gasteiger partial charge in [0.05, 0.1) is 33.0 Å². The van der Waals surface area contributed by atoms with Gasteiger partial charge in [0.25, 0.3) is 0 Å². The van der Waals surface area contributed by atoms with Gasteiger partial charge in [-0.3, -0.25) is 9.59 Å². The predicted octanol–water partition coefficient (Wildman–Crippen LogP) is -11.6. The van der Waals surface area contributed by atoms with E-state index in [1.165, 1.54) is 0 Å². The second kappa shape index (κ2) is 22.0. The van der Waals surface area contributed by atoms with Gasteiger partial charge in [0.2, 0.25) is 11.8 Å². The maximum Gasteiger partial charge on any atom is 0.217 e. The van der Waals surface area contributed by atoms with Gasteiger partial charge >= 0.3 is 0 Å². The summed E-state index contributed by atoms with van der Waals surface area (Å²) in [7, 11) is 0. The van der Waals surface area contributed by atoms with Crippen LogP contribution in [0.1, 0.15) is 13.8 Å². The lowest BCUT2D eigenvalue weighted by Crippen LogP contribution is -2.70. The van der Waals surface area contributed by atoms with Crippen LogP contribution in [0.25, 0.3) is 0 Å². The van der Waals surface area contributed by atoms with Crippen molar-refractivity contribution in [2.24, 2.45) is 0 Å². The second-order valence-electron chi connectivity index (χ2n) is 15.4. The van der Waals surface area contributed by atoms with Crippen molar-refractivity contribution in [3.8, 4) is 0 Å². The number of amides is 2. The molecule has 5 aliphatic rings. The summed E-state index contributed by atoms with van der Waals surface area (Å²) in [6.07, 6.45) is -42.7. The summed E-state index contributed by atoms with van der Waals surface area (Å²) in [6.45, 7) is -2.53. The van der Waals surface area contributed by atoms with E-state index in [0.29, 0.717) is 0 Å². The van der Waals surface area contributed by atoms with Gasteiger partial charge in [0.1, 0.15) is 122 Å². The van der Waals surface area contributed by atoms with Crippen LogP contribution in [0.5, 0.6) is 0 Å². The highest BCUT2D eigenvalue weighted by Gasteiger charge is 2.57. The average molecular weight is 911 g/mol. The van der Waals surface area contributed by atoms with Crippen molar-refractivity contribution in [3.63, 3.8) is 0 Å². The molecule has 0 aromatic rings. The number of nitrogens with one attached hydrogen (secondary N) is 2. The molecule has 5 saturated heterocycles. The smallest absolute Gasteiger partial charge is 0.217 e. The standard InChI is InChI=1S/C34H58N2O26/c1-8(42)35-15-20(47)26(13(6-40)54-30(15)53)59-31-16(36-9(2)43)21(48)27(14(7-41)58-31)60-33-25(52)28(19(46)12(5-39)56-33)61-34-29(23(50)18(45)11(4-38)57-34)62-32-24(51)22(49)17(44)10(3-37)55-32/h10-34,37-41,44-53H,3-7H2,1-2H3,(H,35,42)(H,36,43)/t10-,11-,12-,13-,14-,15-,16-,17-,18-,19-,20-,21-,22+,23+,24+,25-,26-,27-,28+,29+,30-,31+,32-,33-,34-/m1/s1. The van der Waals surface area contributed by atoms with E-state index in [1.54, 1.807) is 0 Å². The molecule has 25 atom stereocenters. The van der Waals surface area contributed by atoms with E-state index in [4.69, 9.17) is 42.6 Å². The molecule has 0 aliphatic carbocycles. The van der Waals surface area contributed by atoms with Gasteiger partial charge in [-0.05, 0) is 0 Å². The van der Waals surface area contributed by atoms with E-state index in [0.717, 1.165) is 13.8 Å². The Labute approximate surface area is 351 Å². The third-order valence-corrected chi connectivity index (χ3v) is 11.1. The third-order valence-electron chi connectivity index (χ3n) is 11.1. The molecule has 5 fully saturated rings. The molecule has 0 saturated carbocycles. The van der Waals surface area contributed by atoms with Crippen molar-refractivity contribution in [2.75, 3.05) is 33.0 Å². The Kier molecular flexibility index (Phi) is 18.1. The highest BCUT2D eigenvalue weighted by Crippen LogP contribution is 2.36. The molecular weight excluding hydrogens is 852 g/mol. The van der Waals surface area contributed by atoms with Crippen LogP contribution >= 0.6 is 0 Å². The van der Waals surface area contributed by atoms with Crippen molar-refractivity contribution >= 4 is 11.8 Å². The van der Waals surface area contributed by atoms with E-state index >= 15 is 0 Å². The quantitative estimate of drug-likeness (QED) is 0.0725. The number of aliphatic hydroxyl groups excluding tert-OH is 15. The van der Waals surface area contributed by atoms with Crippen molar-refractivity contribution in [2.45, 2.75) is 167 Å². The predicted molar refractivity (Wildman–Crippen MR) is 190 cm³/mol. The summed E-state index contributed by atoms with van der Waals surface area (Å²) in [5, 5.41) is 163. The fourth-order valence-corrected chi connectivity index (χ4v) is 7.82. The summed E-state index contributed by atoms with van der Waals surface area (Å²) in [5.41, 5.74) is 0. The first-order valence-corrected chi connectivity index (χ1v) is 19.6. The molecule has 5 aliphatic heterocycles. The van der Waals surface area contributed by atoms with E-state index in [-0.39, 0.29) is 0 Å². The van der Waals surface area contributed by atoms with E-state index in [2.05, 4.69) is 10.6 Å². The summed E-state index contributed by atoms with van der Waals surface area (Å²) >= 11 is 0. The topological polar surface area (TPSA) is 445 Å². The lowest BCUT2D eigenvalue weighted by atomic mass is 9.94. The van der Waals surface area contributed by atoms with Crippen LogP contribution in [0.4, 0.5) is 0 Å². The first kappa shape index (κ1) is 51.0. The lowest BCUT2D eigenvalue weighted by molar-refractivity contribution is -0.395. The van der Waals surface area contributed by atoms with Gasteiger partial charge in [0, 0.05) is 13.8 Å². The number of rotatable bonds is 15. The minimum Gasteiger partial charge on any atom is -0.394 e. The first-order valence-electron chi connectivity index (χ1n) is 19.6. The summed E-state index contributed by atoms with van der Waals surface area (Å²) in [6, 6.07) is -3.16. The minimum atomic E-state index is -2.18. The summed E-state index contributed by atoms with van der Waals surface area (Å²) in [4.78, 5) is 24.2. The molecule has 0 bridgehead atoms. The highest BCUT2D eigenvalue weighted by molar-refractivity contribution is 5.73. The number of hydrogen-bond acceptors (Lipinski definition) is 26. The highest BCUT2D eigenvalue weighted by atomic mass is 16.8. The maximum atomic E-state index is 12.4. The normalized spacial score (nSPS) is 49.0. The third kappa shape index (κ3) is 10.8. The molecule has 0 spiro atoms. The SMILES string of the molecule is CC(=O)N[C@@H]1[C@@H](O)[C@H](O[C@@H]2O[C@H](CO)[C@@H](O[C@H]3O[C@H](CO)[C@@H](O)[C@H](O[C@H]4O[C@H](CO)[C@@H](O)[C@H](O)[C@@H]4O[C@H]4O[C@H](CO)[C@@H](O)[C@H](O)[C@@H]4O)[C@H]3O)[C@H](O)[C@H]2NC(C)=O)[C@@H](CO)O[C@H]1O. The molecule has 62 heavy (non-hydrogen) atoms.